The van der Waals surface area contributed by atoms with Crippen LogP contribution in [0.25, 0.3) is 11.4 Å². The minimum Gasteiger partial charge on any atom is -0.486 e. The molecule has 0 aliphatic carbocycles. The van der Waals surface area contributed by atoms with E-state index in [9.17, 15) is 8.78 Å². The highest BCUT2D eigenvalue weighted by Gasteiger charge is 2.21. The van der Waals surface area contributed by atoms with Gasteiger partial charge in [-0.3, -0.25) is 0 Å². The van der Waals surface area contributed by atoms with Crippen molar-refractivity contribution in [3.8, 4) is 17.1 Å². The van der Waals surface area contributed by atoms with E-state index < -0.39 is 0 Å². The van der Waals surface area contributed by atoms with Gasteiger partial charge < -0.3 is 15.1 Å². The first-order valence-corrected chi connectivity index (χ1v) is 10.1. The molecular weight excluding hydrogens is 426 g/mol. The zero-order valence-corrected chi connectivity index (χ0v) is 17.4. The first kappa shape index (κ1) is 20.8. The lowest BCUT2D eigenvalue weighted by molar-refractivity contribution is 0.291. The van der Waals surface area contributed by atoms with Gasteiger partial charge in [0.05, 0.1) is 5.25 Å². The number of hydrogen-bond acceptors (Lipinski definition) is 8. The van der Waals surface area contributed by atoms with E-state index in [0.717, 1.165) is 0 Å². The van der Waals surface area contributed by atoms with Gasteiger partial charge in [0.15, 0.2) is 5.82 Å². The molecule has 8 nitrogen and oxygen atoms in total. The van der Waals surface area contributed by atoms with Crippen molar-refractivity contribution in [2.75, 3.05) is 5.84 Å². The van der Waals surface area contributed by atoms with Crippen molar-refractivity contribution in [3.05, 3.63) is 71.4 Å². The van der Waals surface area contributed by atoms with Gasteiger partial charge in [0.2, 0.25) is 16.9 Å². The number of nitrogens with zero attached hydrogens (tertiary/aromatic N) is 5. The lowest BCUT2D eigenvalue weighted by atomic mass is 10.1. The molecule has 1 atom stereocenters. The maximum absolute atomic E-state index is 13.8. The molecule has 0 saturated heterocycles. The third-order valence-corrected chi connectivity index (χ3v) is 5.46. The molecule has 0 radical (unpaired) electrons. The summed E-state index contributed by atoms with van der Waals surface area (Å²) in [5.41, 5.74) is 1.07. The van der Waals surface area contributed by atoms with Crippen LogP contribution in [0.2, 0.25) is 0 Å². The summed E-state index contributed by atoms with van der Waals surface area (Å²) >= 11 is 1.27. The third kappa shape index (κ3) is 4.66. The second-order valence-electron chi connectivity index (χ2n) is 6.69. The molecule has 2 aromatic carbocycles. The Labute approximate surface area is 180 Å². The fourth-order valence-corrected chi connectivity index (χ4v) is 3.44. The Morgan fingerprint density at radius 2 is 1.94 bits per heavy atom. The number of hydrogen-bond donors (Lipinski definition) is 1. The summed E-state index contributed by atoms with van der Waals surface area (Å²) in [5, 5.41) is 12.2. The summed E-state index contributed by atoms with van der Waals surface area (Å²) in [7, 11) is 0. The lowest BCUT2D eigenvalue weighted by Crippen LogP contribution is -2.16. The van der Waals surface area contributed by atoms with Gasteiger partial charge in [-0.05, 0) is 49.7 Å². The van der Waals surface area contributed by atoms with Gasteiger partial charge in [-0.15, -0.1) is 10.2 Å². The van der Waals surface area contributed by atoms with Gasteiger partial charge in [-0.2, -0.15) is 4.98 Å². The predicted octanol–water partition coefficient (Wildman–Crippen LogP) is 4.06. The van der Waals surface area contributed by atoms with Crippen LogP contribution in [0, 0.1) is 18.6 Å². The maximum Gasteiger partial charge on any atom is 0.240 e. The Balaban J connectivity index is 1.42. The zero-order valence-electron chi connectivity index (χ0n) is 16.6. The molecule has 2 heterocycles. The highest BCUT2D eigenvalue weighted by Crippen LogP contribution is 2.33. The van der Waals surface area contributed by atoms with Crippen molar-refractivity contribution in [3.63, 3.8) is 0 Å². The van der Waals surface area contributed by atoms with E-state index in [1.165, 1.54) is 46.8 Å². The summed E-state index contributed by atoms with van der Waals surface area (Å²) < 4.78 is 39.0. The quantitative estimate of drug-likeness (QED) is 0.336. The van der Waals surface area contributed by atoms with Crippen molar-refractivity contribution in [1.82, 2.24) is 25.0 Å². The van der Waals surface area contributed by atoms with E-state index in [4.69, 9.17) is 15.1 Å². The van der Waals surface area contributed by atoms with Crippen molar-refractivity contribution in [2.24, 2.45) is 0 Å². The maximum atomic E-state index is 13.8. The van der Waals surface area contributed by atoms with Crippen LogP contribution < -0.4 is 10.6 Å². The summed E-state index contributed by atoms with van der Waals surface area (Å²) in [5.74, 6) is 6.89. The van der Waals surface area contributed by atoms with Gasteiger partial charge in [-0.1, -0.05) is 29.1 Å². The van der Waals surface area contributed by atoms with Crippen LogP contribution in [0.5, 0.6) is 5.75 Å². The summed E-state index contributed by atoms with van der Waals surface area (Å²) in [6.45, 7) is 3.59. The monoisotopic (exact) mass is 444 g/mol. The van der Waals surface area contributed by atoms with Crippen LogP contribution in [0.4, 0.5) is 8.78 Å². The summed E-state index contributed by atoms with van der Waals surface area (Å²) in [6.07, 6.45) is 0. The predicted molar refractivity (Wildman–Crippen MR) is 110 cm³/mol. The normalized spacial score (nSPS) is 12.1. The number of benzene rings is 2. The van der Waals surface area contributed by atoms with Gasteiger partial charge in [0, 0.05) is 5.56 Å². The SMILES string of the molecule is Cc1ccc(-c2noc(C(C)Sc3nnc(COc4ccc(F)cc4)n3N)n2)cc1F. The smallest absolute Gasteiger partial charge is 0.240 e. The summed E-state index contributed by atoms with van der Waals surface area (Å²) in [6, 6.07) is 10.4. The number of nitrogen functional groups attached to an aromatic ring is 1. The lowest BCUT2D eigenvalue weighted by Gasteiger charge is -2.07. The third-order valence-electron chi connectivity index (χ3n) is 4.42. The molecule has 0 saturated carbocycles. The summed E-state index contributed by atoms with van der Waals surface area (Å²) in [4.78, 5) is 4.35. The number of thioether (sulfide) groups is 1. The van der Waals surface area contributed by atoms with Crippen molar-refractivity contribution < 1.29 is 18.0 Å². The zero-order chi connectivity index (χ0) is 22.0. The molecule has 0 bridgehead atoms. The van der Waals surface area contributed by atoms with Crippen molar-refractivity contribution in [1.29, 1.82) is 0 Å². The topological polar surface area (TPSA) is 105 Å². The fourth-order valence-electron chi connectivity index (χ4n) is 2.62. The van der Waals surface area contributed by atoms with E-state index >= 15 is 0 Å². The number of nitrogens with two attached hydrogens (primary N) is 1. The molecule has 0 aliphatic heterocycles. The number of aromatic nitrogens is 5. The van der Waals surface area contributed by atoms with Crippen LogP contribution in [0.15, 0.2) is 52.1 Å². The molecule has 1 unspecified atom stereocenters. The van der Waals surface area contributed by atoms with E-state index in [0.29, 0.717) is 39.6 Å². The molecule has 4 rings (SSSR count). The van der Waals surface area contributed by atoms with E-state index in [1.807, 2.05) is 6.92 Å². The van der Waals surface area contributed by atoms with E-state index in [2.05, 4.69) is 20.3 Å². The average Bonchev–Trinajstić information content (AvgIpc) is 3.38. The van der Waals surface area contributed by atoms with E-state index in [-0.39, 0.29) is 23.5 Å². The molecule has 0 spiro atoms. The highest BCUT2D eigenvalue weighted by molar-refractivity contribution is 7.99. The van der Waals surface area contributed by atoms with Crippen LogP contribution in [-0.4, -0.2) is 25.0 Å². The average molecular weight is 444 g/mol. The van der Waals surface area contributed by atoms with Crippen LogP contribution in [0.3, 0.4) is 0 Å². The molecule has 11 heteroatoms. The van der Waals surface area contributed by atoms with Crippen molar-refractivity contribution >= 4 is 11.8 Å². The van der Waals surface area contributed by atoms with Gasteiger partial charge in [0.1, 0.15) is 24.0 Å². The molecule has 2 aromatic heterocycles. The molecular formula is C20H18F2N6O2S. The van der Waals surface area contributed by atoms with Crippen LogP contribution in [-0.2, 0) is 6.61 Å². The molecule has 0 amide bonds. The minimum absolute atomic E-state index is 0.0633. The Bertz CT molecular complexity index is 1190. The number of rotatable bonds is 7. The second kappa shape index (κ2) is 8.72. The van der Waals surface area contributed by atoms with Gasteiger partial charge in [0.25, 0.3) is 0 Å². The number of aryl methyl sites for hydroxylation is 1. The molecule has 4 aromatic rings. The molecule has 31 heavy (non-hydrogen) atoms. The van der Waals surface area contributed by atoms with Gasteiger partial charge in [-0.25, -0.2) is 13.5 Å². The second-order valence-corrected chi connectivity index (χ2v) is 8.00. The largest absolute Gasteiger partial charge is 0.486 e. The first-order chi connectivity index (χ1) is 14.9. The Morgan fingerprint density at radius 1 is 1.16 bits per heavy atom. The Morgan fingerprint density at radius 3 is 2.68 bits per heavy atom. The highest BCUT2D eigenvalue weighted by atomic mass is 32.2. The van der Waals surface area contributed by atoms with E-state index in [1.54, 1.807) is 19.1 Å². The van der Waals surface area contributed by atoms with Gasteiger partial charge >= 0.3 is 0 Å². The standard InChI is InChI=1S/C20H18F2N6O2S/c1-11-3-4-13(9-16(11)22)18-24-19(30-27-18)12(2)31-20-26-25-17(28(20)23)10-29-15-7-5-14(21)6-8-15/h3-9,12H,10,23H2,1-2H3. The fraction of sp³-hybridized carbons (Fsp3) is 0.200. The number of halogens is 2. The Hall–Kier alpha value is -3.47. The van der Waals surface area contributed by atoms with Crippen LogP contribution in [0.1, 0.15) is 29.5 Å². The van der Waals surface area contributed by atoms with Crippen molar-refractivity contribution in [2.45, 2.75) is 30.9 Å². The first-order valence-electron chi connectivity index (χ1n) is 9.25. The number of ether oxygens (including phenoxy) is 1. The molecule has 2 N–H and O–H groups in total. The molecule has 160 valence electrons. The van der Waals surface area contributed by atoms with Crippen LogP contribution >= 0.6 is 11.8 Å². The molecule has 0 fully saturated rings. The Kier molecular flexibility index (Phi) is 5.85. The minimum atomic E-state index is -0.348. The molecule has 0 aliphatic rings.